The van der Waals surface area contributed by atoms with Gasteiger partial charge in [-0.15, -0.1) is 0 Å². The topological polar surface area (TPSA) is 86.6 Å². The van der Waals surface area contributed by atoms with Gasteiger partial charge in [0.2, 0.25) is 5.91 Å². The Hall–Kier alpha value is -1.88. The molecule has 1 amide bonds. The number of aliphatic hydroxyl groups is 1. The van der Waals surface area contributed by atoms with Crippen LogP contribution in [0, 0.1) is 6.92 Å². The molecule has 1 aromatic rings. The molecule has 1 aromatic carbocycles. The summed E-state index contributed by atoms with van der Waals surface area (Å²) < 4.78 is 0. The molecule has 5 nitrogen and oxygen atoms in total. The van der Waals surface area contributed by atoms with Gasteiger partial charge in [-0.05, 0) is 12.5 Å². The number of carboxylic acids is 1. The maximum atomic E-state index is 11.5. The summed E-state index contributed by atoms with van der Waals surface area (Å²) in [5.41, 5.74) is 1.84. The molecule has 92 valence electrons. The van der Waals surface area contributed by atoms with Crippen molar-refractivity contribution in [3.63, 3.8) is 0 Å². The zero-order chi connectivity index (χ0) is 12.8. The van der Waals surface area contributed by atoms with Crippen molar-refractivity contribution in [3.05, 3.63) is 35.4 Å². The van der Waals surface area contributed by atoms with E-state index in [2.05, 4.69) is 5.32 Å². The van der Waals surface area contributed by atoms with Crippen LogP contribution in [-0.4, -0.2) is 34.7 Å². The fraction of sp³-hybridized carbons (Fsp3) is 0.333. The third kappa shape index (κ3) is 4.24. The maximum Gasteiger partial charge on any atom is 0.328 e. The number of carboxylic acid groups (broad SMARTS) is 1. The molecule has 17 heavy (non-hydrogen) atoms. The lowest BCUT2D eigenvalue weighted by Gasteiger charge is -2.11. The lowest BCUT2D eigenvalue weighted by molar-refractivity contribution is -0.142. The predicted octanol–water partition coefficient (Wildman–Crippen LogP) is 0.0992. The Labute approximate surface area is 99.1 Å². The quantitative estimate of drug-likeness (QED) is 0.678. The van der Waals surface area contributed by atoms with Crippen LogP contribution in [0.1, 0.15) is 11.1 Å². The summed E-state index contributed by atoms with van der Waals surface area (Å²) in [4.78, 5) is 22.1. The molecule has 1 atom stereocenters. The van der Waals surface area contributed by atoms with Crippen LogP contribution < -0.4 is 5.32 Å². The third-order valence-corrected chi connectivity index (χ3v) is 2.26. The first kappa shape index (κ1) is 13.2. The number of aryl methyl sites for hydroxylation is 1. The standard InChI is InChI=1S/C12H15NO4/c1-8-3-2-4-9(5-8)6-11(15)13-10(7-14)12(16)17/h2-5,10,14H,6-7H2,1H3,(H,13,15)(H,16,17). The second-order valence-electron chi connectivity index (χ2n) is 3.81. The van der Waals surface area contributed by atoms with E-state index in [1.165, 1.54) is 0 Å². The van der Waals surface area contributed by atoms with Gasteiger partial charge in [-0.2, -0.15) is 0 Å². The first-order chi connectivity index (χ1) is 8.02. The van der Waals surface area contributed by atoms with Crippen LogP contribution in [0.25, 0.3) is 0 Å². The summed E-state index contributed by atoms with van der Waals surface area (Å²) in [6.07, 6.45) is 0.103. The van der Waals surface area contributed by atoms with E-state index in [4.69, 9.17) is 10.2 Å². The average Bonchev–Trinajstić information content (AvgIpc) is 2.25. The first-order valence-electron chi connectivity index (χ1n) is 5.21. The van der Waals surface area contributed by atoms with Crippen LogP contribution >= 0.6 is 0 Å². The minimum Gasteiger partial charge on any atom is -0.480 e. The number of nitrogens with one attached hydrogen (secondary N) is 1. The molecule has 0 spiro atoms. The SMILES string of the molecule is Cc1cccc(CC(=O)NC(CO)C(=O)O)c1. The number of benzene rings is 1. The Morgan fingerprint density at radius 1 is 1.41 bits per heavy atom. The molecule has 0 saturated heterocycles. The molecule has 0 aliphatic carbocycles. The smallest absolute Gasteiger partial charge is 0.328 e. The lowest BCUT2D eigenvalue weighted by Crippen LogP contribution is -2.43. The Bertz CT molecular complexity index is 417. The fourth-order valence-electron chi connectivity index (χ4n) is 1.44. The third-order valence-electron chi connectivity index (χ3n) is 2.26. The molecule has 0 aliphatic heterocycles. The molecule has 0 bridgehead atoms. The molecule has 0 radical (unpaired) electrons. The van der Waals surface area contributed by atoms with E-state index in [0.29, 0.717) is 0 Å². The van der Waals surface area contributed by atoms with E-state index in [1.807, 2.05) is 25.1 Å². The van der Waals surface area contributed by atoms with E-state index < -0.39 is 24.5 Å². The largest absolute Gasteiger partial charge is 0.480 e. The van der Waals surface area contributed by atoms with Gasteiger partial charge < -0.3 is 15.5 Å². The van der Waals surface area contributed by atoms with Gasteiger partial charge in [0.1, 0.15) is 6.04 Å². The van der Waals surface area contributed by atoms with E-state index in [1.54, 1.807) is 6.07 Å². The van der Waals surface area contributed by atoms with Crippen molar-refractivity contribution in [3.8, 4) is 0 Å². The average molecular weight is 237 g/mol. The molecule has 0 heterocycles. The van der Waals surface area contributed by atoms with Crippen molar-refractivity contribution in [2.45, 2.75) is 19.4 Å². The molecule has 5 heteroatoms. The van der Waals surface area contributed by atoms with Crippen LogP contribution in [0.4, 0.5) is 0 Å². The van der Waals surface area contributed by atoms with Crippen molar-refractivity contribution >= 4 is 11.9 Å². The zero-order valence-electron chi connectivity index (χ0n) is 9.51. The fourth-order valence-corrected chi connectivity index (χ4v) is 1.44. The second kappa shape index (κ2) is 6.00. The van der Waals surface area contributed by atoms with E-state index >= 15 is 0 Å². The summed E-state index contributed by atoms with van der Waals surface area (Å²) in [7, 11) is 0. The molecule has 0 saturated carbocycles. The number of hydrogen-bond donors (Lipinski definition) is 3. The molecule has 1 rings (SSSR count). The molecule has 3 N–H and O–H groups in total. The highest BCUT2D eigenvalue weighted by Crippen LogP contribution is 2.04. The highest BCUT2D eigenvalue weighted by molar-refractivity contribution is 5.84. The van der Waals surface area contributed by atoms with Crippen molar-refractivity contribution < 1.29 is 19.8 Å². The van der Waals surface area contributed by atoms with E-state index in [9.17, 15) is 9.59 Å². The van der Waals surface area contributed by atoms with Gasteiger partial charge in [0.05, 0.1) is 13.0 Å². The number of aliphatic carboxylic acids is 1. The summed E-state index contributed by atoms with van der Waals surface area (Å²) >= 11 is 0. The van der Waals surface area contributed by atoms with Gasteiger partial charge >= 0.3 is 5.97 Å². The monoisotopic (exact) mass is 237 g/mol. The molecule has 0 aliphatic rings. The summed E-state index contributed by atoms with van der Waals surface area (Å²) in [5, 5.41) is 19.7. The summed E-state index contributed by atoms with van der Waals surface area (Å²) in [5.74, 6) is -1.66. The van der Waals surface area contributed by atoms with Crippen molar-refractivity contribution in [2.75, 3.05) is 6.61 Å². The minimum atomic E-state index is -1.25. The predicted molar refractivity (Wildman–Crippen MR) is 61.5 cm³/mol. The van der Waals surface area contributed by atoms with Crippen LogP contribution in [0.15, 0.2) is 24.3 Å². The maximum absolute atomic E-state index is 11.5. The van der Waals surface area contributed by atoms with Gasteiger partial charge in [-0.1, -0.05) is 29.8 Å². The first-order valence-corrected chi connectivity index (χ1v) is 5.21. The number of aliphatic hydroxyl groups excluding tert-OH is 1. The van der Waals surface area contributed by atoms with Crippen molar-refractivity contribution in [1.29, 1.82) is 0 Å². The van der Waals surface area contributed by atoms with Gasteiger partial charge in [0.15, 0.2) is 0 Å². The normalized spacial score (nSPS) is 11.9. The Morgan fingerprint density at radius 2 is 2.12 bits per heavy atom. The van der Waals surface area contributed by atoms with Crippen LogP contribution in [0.5, 0.6) is 0 Å². The highest BCUT2D eigenvalue weighted by Gasteiger charge is 2.18. The molecular formula is C12H15NO4. The van der Waals surface area contributed by atoms with Gasteiger partial charge in [-0.25, -0.2) is 4.79 Å². The summed E-state index contributed by atoms with van der Waals surface area (Å²) in [6, 6.07) is 6.15. The minimum absolute atomic E-state index is 0.103. The number of rotatable bonds is 5. The zero-order valence-corrected chi connectivity index (χ0v) is 9.51. The van der Waals surface area contributed by atoms with Crippen LogP contribution in [-0.2, 0) is 16.0 Å². The number of amides is 1. The number of hydrogen-bond acceptors (Lipinski definition) is 3. The molecule has 0 fully saturated rings. The van der Waals surface area contributed by atoms with Crippen LogP contribution in [0.3, 0.4) is 0 Å². The van der Waals surface area contributed by atoms with Crippen molar-refractivity contribution in [2.24, 2.45) is 0 Å². The van der Waals surface area contributed by atoms with Crippen molar-refractivity contribution in [1.82, 2.24) is 5.32 Å². The van der Waals surface area contributed by atoms with E-state index in [-0.39, 0.29) is 6.42 Å². The molecule has 1 unspecified atom stereocenters. The molecular weight excluding hydrogens is 222 g/mol. The van der Waals surface area contributed by atoms with Crippen LogP contribution in [0.2, 0.25) is 0 Å². The number of carbonyl (C=O) groups is 2. The van der Waals surface area contributed by atoms with E-state index in [0.717, 1.165) is 11.1 Å². The highest BCUT2D eigenvalue weighted by atomic mass is 16.4. The summed E-state index contributed by atoms with van der Waals surface area (Å²) in [6.45, 7) is 1.30. The van der Waals surface area contributed by atoms with Gasteiger partial charge in [-0.3, -0.25) is 4.79 Å². The second-order valence-corrected chi connectivity index (χ2v) is 3.81. The Balaban J connectivity index is 2.58. The van der Waals surface area contributed by atoms with Gasteiger partial charge in [0, 0.05) is 0 Å². The lowest BCUT2D eigenvalue weighted by atomic mass is 10.1. The molecule has 0 aromatic heterocycles. The Morgan fingerprint density at radius 3 is 2.65 bits per heavy atom. The number of carbonyl (C=O) groups excluding carboxylic acids is 1. The Kier molecular flexibility index (Phi) is 4.66. The van der Waals surface area contributed by atoms with Gasteiger partial charge in [0.25, 0.3) is 0 Å².